The summed E-state index contributed by atoms with van der Waals surface area (Å²) >= 11 is 6.90. The van der Waals surface area contributed by atoms with Crippen molar-refractivity contribution in [2.75, 3.05) is 5.33 Å². The van der Waals surface area contributed by atoms with Gasteiger partial charge in [-0.25, -0.2) is 0 Å². The van der Waals surface area contributed by atoms with E-state index in [2.05, 4.69) is 51.8 Å². The van der Waals surface area contributed by atoms with E-state index in [1.165, 1.54) is 5.57 Å². The fourth-order valence-corrected chi connectivity index (χ4v) is 1.11. The highest BCUT2D eigenvalue weighted by atomic mass is 79.9. The molecule has 0 aromatic carbocycles. The molecule has 0 aliphatic carbocycles. The maximum Gasteiger partial charge on any atom is 0.0325 e. The molecule has 1 unspecified atom stereocenters. The first-order valence-corrected chi connectivity index (χ1v) is 5.11. The SMILES string of the molecule is CCC(Br)/C=C(\C)CBr. The van der Waals surface area contributed by atoms with Gasteiger partial charge >= 0.3 is 0 Å². The molecule has 0 rings (SSSR count). The van der Waals surface area contributed by atoms with Crippen LogP contribution >= 0.6 is 31.9 Å². The first-order chi connectivity index (χ1) is 4.20. The Balaban J connectivity index is 3.64. The Morgan fingerprint density at radius 1 is 1.67 bits per heavy atom. The molecule has 0 aromatic heterocycles. The van der Waals surface area contributed by atoms with Gasteiger partial charge in [0.25, 0.3) is 0 Å². The molecule has 1 atom stereocenters. The standard InChI is InChI=1S/C7H12Br2/c1-3-7(9)4-6(2)5-8/h4,7H,3,5H2,1-2H3/b6-4+. The van der Waals surface area contributed by atoms with Crippen LogP contribution in [0.2, 0.25) is 0 Å². The van der Waals surface area contributed by atoms with Gasteiger partial charge in [0, 0.05) is 10.2 Å². The normalized spacial score (nSPS) is 15.8. The lowest BCUT2D eigenvalue weighted by atomic mass is 10.2. The molecule has 0 amide bonds. The van der Waals surface area contributed by atoms with Gasteiger partial charge in [-0.05, 0) is 13.3 Å². The Morgan fingerprint density at radius 3 is 2.56 bits per heavy atom. The van der Waals surface area contributed by atoms with Gasteiger partial charge in [-0.3, -0.25) is 0 Å². The predicted octanol–water partition coefficient (Wildman–Crippen LogP) is 3.50. The summed E-state index contributed by atoms with van der Waals surface area (Å²) in [4.78, 5) is 0.551. The zero-order valence-electron chi connectivity index (χ0n) is 5.82. The van der Waals surface area contributed by atoms with E-state index in [0.29, 0.717) is 4.83 Å². The zero-order chi connectivity index (χ0) is 7.28. The molecule has 0 N–H and O–H groups in total. The number of hydrogen-bond donors (Lipinski definition) is 0. The minimum absolute atomic E-state index is 0.551. The molecule has 0 saturated heterocycles. The molecule has 9 heavy (non-hydrogen) atoms. The molecular weight excluding hydrogens is 244 g/mol. The van der Waals surface area contributed by atoms with Crippen LogP contribution in [0.5, 0.6) is 0 Å². The molecule has 0 fully saturated rings. The van der Waals surface area contributed by atoms with Crippen molar-refractivity contribution < 1.29 is 0 Å². The van der Waals surface area contributed by atoms with Crippen LogP contribution in [0.4, 0.5) is 0 Å². The lowest BCUT2D eigenvalue weighted by molar-refractivity contribution is 0.982. The van der Waals surface area contributed by atoms with Crippen molar-refractivity contribution in [1.29, 1.82) is 0 Å². The van der Waals surface area contributed by atoms with Crippen LogP contribution in [-0.4, -0.2) is 10.2 Å². The van der Waals surface area contributed by atoms with E-state index in [-0.39, 0.29) is 0 Å². The van der Waals surface area contributed by atoms with Crippen LogP contribution in [0.3, 0.4) is 0 Å². The molecule has 0 nitrogen and oxygen atoms in total. The molecule has 0 heterocycles. The second-order valence-corrected chi connectivity index (χ2v) is 3.81. The molecular formula is C7H12Br2. The van der Waals surface area contributed by atoms with Crippen LogP contribution in [0.25, 0.3) is 0 Å². The average molecular weight is 256 g/mol. The van der Waals surface area contributed by atoms with Gasteiger partial charge in [0.05, 0.1) is 0 Å². The van der Waals surface area contributed by atoms with Crippen molar-refractivity contribution in [2.45, 2.75) is 25.1 Å². The van der Waals surface area contributed by atoms with Crippen molar-refractivity contribution >= 4 is 31.9 Å². The Morgan fingerprint density at radius 2 is 2.22 bits per heavy atom. The molecule has 0 aromatic rings. The fraction of sp³-hybridized carbons (Fsp3) is 0.714. The number of hydrogen-bond acceptors (Lipinski definition) is 0. The molecule has 0 spiro atoms. The molecule has 0 bridgehead atoms. The van der Waals surface area contributed by atoms with E-state index < -0.39 is 0 Å². The minimum Gasteiger partial charge on any atom is -0.0880 e. The summed E-state index contributed by atoms with van der Waals surface area (Å²) in [6, 6.07) is 0. The van der Waals surface area contributed by atoms with Gasteiger partial charge in [-0.15, -0.1) is 0 Å². The Bertz CT molecular complexity index is 97.1. The van der Waals surface area contributed by atoms with Crippen molar-refractivity contribution in [3.05, 3.63) is 11.6 Å². The summed E-state index contributed by atoms with van der Waals surface area (Å²) in [6.45, 7) is 4.29. The van der Waals surface area contributed by atoms with Gasteiger partial charge in [0.15, 0.2) is 0 Å². The predicted molar refractivity (Wildman–Crippen MR) is 50.6 cm³/mol. The van der Waals surface area contributed by atoms with Crippen molar-refractivity contribution in [1.82, 2.24) is 0 Å². The molecule has 0 aliphatic rings. The highest BCUT2D eigenvalue weighted by Crippen LogP contribution is 2.09. The minimum atomic E-state index is 0.551. The number of halogens is 2. The lowest BCUT2D eigenvalue weighted by Gasteiger charge is -1.99. The van der Waals surface area contributed by atoms with Gasteiger partial charge < -0.3 is 0 Å². The van der Waals surface area contributed by atoms with Crippen LogP contribution < -0.4 is 0 Å². The summed E-state index contributed by atoms with van der Waals surface area (Å²) in [5, 5.41) is 0.981. The van der Waals surface area contributed by atoms with Crippen molar-refractivity contribution in [3.63, 3.8) is 0 Å². The van der Waals surface area contributed by atoms with Crippen LogP contribution in [0.15, 0.2) is 11.6 Å². The average Bonchev–Trinajstić information content (AvgIpc) is 1.87. The van der Waals surface area contributed by atoms with E-state index in [1.54, 1.807) is 0 Å². The van der Waals surface area contributed by atoms with E-state index in [9.17, 15) is 0 Å². The quantitative estimate of drug-likeness (QED) is 0.535. The maximum atomic E-state index is 3.52. The summed E-state index contributed by atoms with van der Waals surface area (Å²) in [6.07, 6.45) is 3.39. The van der Waals surface area contributed by atoms with Crippen molar-refractivity contribution in [2.24, 2.45) is 0 Å². The Labute approximate surface area is 74.0 Å². The summed E-state index contributed by atoms with van der Waals surface area (Å²) < 4.78 is 0. The lowest BCUT2D eigenvalue weighted by Crippen LogP contribution is -1.90. The molecule has 2 heteroatoms. The second kappa shape index (κ2) is 5.48. The first-order valence-electron chi connectivity index (χ1n) is 3.08. The van der Waals surface area contributed by atoms with Gasteiger partial charge in [-0.1, -0.05) is 50.4 Å². The Kier molecular flexibility index (Phi) is 5.91. The highest BCUT2D eigenvalue weighted by molar-refractivity contribution is 9.09. The number of alkyl halides is 2. The van der Waals surface area contributed by atoms with Crippen molar-refractivity contribution in [3.8, 4) is 0 Å². The fourth-order valence-electron chi connectivity index (χ4n) is 0.471. The van der Waals surface area contributed by atoms with Gasteiger partial charge in [-0.2, -0.15) is 0 Å². The Hall–Kier alpha value is 0.700. The van der Waals surface area contributed by atoms with Crippen LogP contribution in [0.1, 0.15) is 20.3 Å². The van der Waals surface area contributed by atoms with Crippen LogP contribution in [0, 0.1) is 0 Å². The molecule has 0 radical (unpaired) electrons. The summed E-state index contributed by atoms with van der Waals surface area (Å²) in [7, 11) is 0. The largest absolute Gasteiger partial charge is 0.0880 e. The maximum absolute atomic E-state index is 3.52. The monoisotopic (exact) mass is 254 g/mol. The topological polar surface area (TPSA) is 0 Å². The van der Waals surface area contributed by atoms with Crippen LogP contribution in [-0.2, 0) is 0 Å². The third-order valence-corrected chi connectivity index (χ3v) is 2.86. The first kappa shape index (κ1) is 9.70. The van der Waals surface area contributed by atoms with E-state index in [4.69, 9.17) is 0 Å². The zero-order valence-corrected chi connectivity index (χ0v) is 9.00. The molecule has 0 aliphatic heterocycles. The highest BCUT2D eigenvalue weighted by Gasteiger charge is 1.94. The van der Waals surface area contributed by atoms with E-state index in [1.807, 2.05) is 0 Å². The summed E-state index contributed by atoms with van der Waals surface area (Å²) in [5.74, 6) is 0. The third kappa shape index (κ3) is 5.16. The van der Waals surface area contributed by atoms with Gasteiger partial charge in [0.2, 0.25) is 0 Å². The van der Waals surface area contributed by atoms with Gasteiger partial charge in [0.1, 0.15) is 0 Å². The van der Waals surface area contributed by atoms with E-state index >= 15 is 0 Å². The molecule has 0 saturated carbocycles. The smallest absolute Gasteiger partial charge is 0.0325 e. The molecule has 54 valence electrons. The van der Waals surface area contributed by atoms with E-state index in [0.717, 1.165) is 11.8 Å². The summed E-state index contributed by atoms with van der Waals surface area (Å²) in [5.41, 5.74) is 1.39. The number of allylic oxidation sites excluding steroid dienone is 2. The second-order valence-electron chi connectivity index (χ2n) is 2.07. The number of rotatable bonds is 3. The third-order valence-electron chi connectivity index (χ3n) is 1.07.